The third-order valence-electron chi connectivity index (χ3n) is 4.23. The molecule has 1 aliphatic rings. The Morgan fingerprint density at radius 3 is 2.83 bits per heavy atom. The number of carbonyl (C=O) groups is 4. The fraction of sp³-hybridized carbons (Fsp3) is 0.316. The number of hydrogen-bond acceptors (Lipinski definition) is 7. The summed E-state index contributed by atoms with van der Waals surface area (Å²) in [5.74, 6) is -2.14. The fourth-order valence-electron chi connectivity index (χ4n) is 2.87. The second-order valence-electron chi connectivity index (χ2n) is 6.46. The summed E-state index contributed by atoms with van der Waals surface area (Å²) in [4.78, 5) is 54.1. The molecule has 0 radical (unpaired) electrons. The number of hydrogen-bond donors (Lipinski definition) is 2. The molecule has 2 heterocycles. The fourth-order valence-corrected chi connectivity index (χ4v) is 3.75. The highest BCUT2D eigenvalue weighted by molar-refractivity contribution is 7.17. The van der Waals surface area contributed by atoms with Gasteiger partial charge in [0.2, 0.25) is 5.91 Å². The number of halogens is 1. The summed E-state index contributed by atoms with van der Waals surface area (Å²) in [7, 11) is 0. The van der Waals surface area contributed by atoms with Crippen LogP contribution in [0.15, 0.2) is 24.3 Å². The van der Waals surface area contributed by atoms with E-state index in [1.807, 2.05) is 0 Å². The average molecular weight is 434 g/mol. The van der Waals surface area contributed by atoms with Gasteiger partial charge in [-0.05, 0) is 31.5 Å². The van der Waals surface area contributed by atoms with Crippen molar-refractivity contribution in [3.63, 3.8) is 0 Å². The number of ether oxygens (including phenoxy) is 1. The van der Waals surface area contributed by atoms with E-state index in [0.717, 1.165) is 16.2 Å². The third-order valence-corrected chi connectivity index (χ3v) is 5.28. The molecule has 1 fully saturated rings. The number of rotatable bonds is 7. The zero-order valence-corrected chi connectivity index (χ0v) is 17.0. The number of anilines is 1. The maximum Gasteiger partial charge on any atom is 0.350 e. The van der Waals surface area contributed by atoms with E-state index in [9.17, 15) is 23.6 Å². The molecule has 0 bridgehead atoms. The van der Waals surface area contributed by atoms with Crippen LogP contribution in [0.3, 0.4) is 0 Å². The third kappa shape index (κ3) is 4.79. The van der Waals surface area contributed by atoms with Crippen molar-refractivity contribution >= 4 is 40.3 Å². The van der Waals surface area contributed by atoms with Gasteiger partial charge in [0.25, 0.3) is 5.91 Å². The van der Waals surface area contributed by atoms with Crippen molar-refractivity contribution in [2.45, 2.75) is 32.9 Å². The lowest BCUT2D eigenvalue weighted by molar-refractivity contribution is -0.130. The van der Waals surface area contributed by atoms with Gasteiger partial charge in [-0.25, -0.2) is 19.0 Å². The average Bonchev–Trinajstić information content (AvgIpc) is 3.16. The largest absolute Gasteiger partial charge is 0.462 e. The van der Waals surface area contributed by atoms with E-state index in [2.05, 4.69) is 15.6 Å². The molecule has 2 N–H and O–H groups in total. The maximum atomic E-state index is 13.3. The van der Waals surface area contributed by atoms with Crippen LogP contribution in [0.4, 0.5) is 14.3 Å². The molecule has 1 aromatic heterocycles. The smallest absolute Gasteiger partial charge is 0.350 e. The molecule has 0 spiro atoms. The van der Waals surface area contributed by atoms with Crippen LogP contribution in [0.2, 0.25) is 0 Å². The number of thiazole rings is 1. The van der Waals surface area contributed by atoms with Crippen molar-refractivity contribution < 1.29 is 28.3 Å². The Morgan fingerprint density at radius 2 is 2.13 bits per heavy atom. The molecule has 1 aromatic carbocycles. The van der Waals surface area contributed by atoms with Gasteiger partial charge >= 0.3 is 12.0 Å². The number of amides is 4. The first kappa shape index (κ1) is 21.4. The minimum absolute atomic E-state index is 0.102. The Morgan fingerprint density at radius 1 is 1.37 bits per heavy atom. The zero-order valence-electron chi connectivity index (χ0n) is 16.2. The van der Waals surface area contributed by atoms with Gasteiger partial charge in [-0.3, -0.25) is 14.5 Å². The Hall–Kier alpha value is -3.34. The van der Waals surface area contributed by atoms with Gasteiger partial charge < -0.3 is 15.4 Å². The highest BCUT2D eigenvalue weighted by Crippen LogP contribution is 2.24. The number of aromatic nitrogens is 1. The van der Waals surface area contributed by atoms with Crippen molar-refractivity contribution in [1.29, 1.82) is 0 Å². The summed E-state index contributed by atoms with van der Waals surface area (Å²) in [6.07, 6.45) is -0.308. The quantitative estimate of drug-likeness (QED) is 0.510. The number of urea groups is 1. The van der Waals surface area contributed by atoms with E-state index >= 15 is 0 Å². The number of nitrogens with zero attached hydrogens (tertiary/aromatic N) is 2. The summed E-state index contributed by atoms with van der Waals surface area (Å²) in [6.45, 7) is 3.41. The molecule has 158 valence electrons. The van der Waals surface area contributed by atoms with Crippen LogP contribution < -0.4 is 10.6 Å². The van der Waals surface area contributed by atoms with E-state index < -0.39 is 35.7 Å². The molecule has 9 nitrogen and oxygen atoms in total. The van der Waals surface area contributed by atoms with Crippen molar-refractivity contribution in [2.75, 3.05) is 11.9 Å². The second-order valence-corrected chi connectivity index (χ2v) is 7.46. The normalized spacial score (nSPS) is 15.8. The Labute approximate surface area is 175 Å². The summed E-state index contributed by atoms with van der Waals surface area (Å²) < 4.78 is 18.2. The van der Waals surface area contributed by atoms with E-state index in [-0.39, 0.29) is 29.6 Å². The van der Waals surface area contributed by atoms with Gasteiger partial charge in [0, 0.05) is 0 Å². The molecule has 30 heavy (non-hydrogen) atoms. The standard InChI is InChI=1S/C19H19FN4O5S/c1-3-29-17(27)15-10(2)21-18(30-15)23-14(25)8-13-16(26)24(19(28)22-13)9-11-5-4-6-12(20)7-11/h4-7,13H,3,8-9H2,1-2H3,(H,22,28)(H,21,23,25). The minimum atomic E-state index is -1.04. The predicted octanol–water partition coefficient (Wildman–Crippen LogP) is 2.22. The SMILES string of the molecule is CCOC(=O)c1sc(NC(=O)CC2NC(=O)N(Cc3cccc(F)c3)C2=O)nc1C. The first-order valence-corrected chi connectivity index (χ1v) is 9.90. The Kier molecular flexibility index (Phi) is 6.40. The van der Waals surface area contributed by atoms with E-state index in [1.54, 1.807) is 19.9 Å². The highest BCUT2D eigenvalue weighted by Gasteiger charge is 2.39. The van der Waals surface area contributed by atoms with Crippen LogP contribution in [0.1, 0.15) is 34.3 Å². The Bertz CT molecular complexity index is 1010. The van der Waals surface area contributed by atoms with Gasteiger partial charge in [-0.2, -0.15) is 0 Å². The summed E-state index contributed by atoms with van der Waals surface area (Å²) >= 11 is 0.963. The van der Waals surface area contributed by atoms with E-state index in [0.29, 0.717) is 11.3 Å². The summed E-state index contributed by atoms with van der Waals surface area (Å²) in [6, 6.07) is 3.86. The number of imide groups is 1. The molecule has 1 saturated heterocycles. The van der Waals surface area contributed by atoms with Crippen LogP contribution in [0.25, 0.3) is 0 Å². The van der Waals surface area contributed by atoms with E-state index in [1.165, 1.54) is 18.2 Å². The maximum absolute atomic E-state index is 13.3. The van der Waals surface area contributed by atoms with Crippen LogP contribution in [-0.4, -0.2) is 46.3 Å². The molecule has 4 amide bonds. The molecule has 11 heteroatoms. The number of aryl methyl sites for hydroxylation is 1. The van der Waals surface area contributed by atoms with Crippen molar-refractivity contribution in [3.05, 3.63) is 46.2 Å². The molecule has 1 aliphatic heterocycles. The van der Waals surface area contributed by atoms with Gasteiger partial charge in [0.1, 0.15) is 16.7 Å². The number of carbonyl (C=O) groups excluding carboxylic acids is 4. The summed E-state index contributed by atoms with van der Waals surface area (Å²) in [5, 5.41) is 5.16. The first-order chi connectivity index (χ1) is 14.3. The van der Waals surface area contributed by atoms with Crippen LogP contribution in [-0.2, 0) is 20.9 Å². The number of benzene rings is 1. The van der Waals surface area contributed by atoms with Crippen molar-refractivity contribution in [1.82, 2.24) is 15.2 Å². The van der Waals surface area contributed by atoms with Crippen LogP contribution >= 0.6 is 11.3 Å². The lowest BCUT2D eigenvalue weighted by Gasteiger charge is -2.13. The summed E-state index contributed by atoms with van der Waals surface area (Å²) in [5.41, 5.74) is 0.869. The van der Waals surface area contributed by atoms with Gasteiger partial charge in [0.05, 0.1) is 25.3 Å². The molecule has 2 aromatic rings. The lowest BCUT2D eigenvalue weighted by Crippen LogP contribution is -2.34. The van der Waals surface area contributed by atoms with Gasteiger partial charge in [-0.15, -0.1) is 0 Å². The van der Waals surface area contributed by atoms with Gasteiger partial charge in [-0.1, -0.05) is 23.5 Å². The Balaban J connectivity index is 1.60. The molecule has 0 saturated carbocycles. The number of nitrogens with one attached hydrogen (secondary N) is 2. The molecule has 1 atom stereocenters. The molecule has 1 unspecified atom stereocenters. The molecular weight excluding hydrogens is 415 g/mol. The molecular formula is C19H19FN4O5S. The van der Waals surface area contributed by atoms with E-state index in [4.69, 9.17) is 4.74 Å². The zero-order chi connectivity index (χ0) is 21.8. The van der Waals surface area contributed by atoms with Gasteiger partial charge in [0.15, 0.2) is 5.13 Å². The molecule has 3 rings (SSSR count). The van der Waals surface area contributed by atoms with Crippen LogP contribution in [0, 0.1) is 12.7 Å². The first-order valence-electron chi connectivity index (χ1n) is 9.09. The monoisotopic (exact) mass is 434 g/mol. The number of esters is 1. The van der Waals surface area contributed by atoms with Crippen LogP contribution in [0.5, 0.6) is 0 Å². The topological polar surface area (TPSA) is 118 Å². The second kappa shape index (κ2) is 8.99. The minimum Gasteiger partial charge on any atom is -0.462 e. The predicted molar refractivity (Wildman–Crippen MR) is 105 cm³/mol. The van der Waals surface area contributed by atoms with Crippen molar-refractivity contribution in [2.24, 2.45) is 0 Å². The molecule has 0 aliphatic carbocycles. The highest BCUT2D eigenvalue weighted by atomic mass is 32.1. The van der Waals surface area contributed by atoms with Crippen molar-refractivity contribution in [3.8, 4) is 0 Å². The lowest BCUT2D eigenvalue weighted by atomic mass is 10.1.